The Morgan fingerprint density at radius 1 is 1.31 bits per heavy atom. The molecule has 1 heterocycles. The van der Waals surface area contributed by atoms with Crippen LogP contribution in [0.1, 0.15) is 0 Å². The Morgan fingerprint density at radius 2 is 2.15 bits per heavy atom. The molecule has 0 amide bonds. The zero-order chi connectivity index (χ0) is 9.26. The molecule has 0 fully saturated rings. The molecule has 0 aliphatic carbocycles. The van der Waals surface area contributed by atoms with Crippen LogP contribution in [-0.4, -0.2) is 4.98 Å². The van der Waals surface area contributed by atoms with E-state index in [1.165, 1.54) is 6.26 Å². The zero-order valence-corrected chi connectivity index (χ0v) is 6.42. The van der Waals surface area contributed by atoms with Crippen molar-refractivity contribution in [1.29, 1.82) is 0 Å². The molecule has 0 unspecified atom stereocenters. The standard InChI is InChI=1S/C9H4F2NO/c10-6-1-2-8(11)7(5-6)9-12-3-4-13-9/h1-2,4-5H. The maximum absolute atomic E-state index is 13.1. The second-order valence-electron chi connectivity index (χ2n) is 2.41. The fourth-order valence-electron chi connectivity index (χ4n) is 0.979. The van der Waals surface area contributed by atoms with Crippen molar-refractivity contribution in [2.24, 2.45) is 0 Å². The first-order chi connectivity index (χ1) is 6.27. The lowest BCUT2D eigenvalue weighted by atomic mass is 10.2. The molecule has 65 valence electrons. The Hall–Kier alpha value is -1.71. The lowest BCUT2D eigenvalue weighted by Gasteiger charge is -1.96. The van der Waals surface area contributed by atoms with Crippen molar-refractivity contribution in [2.75, 3.05) is 0 Å². The van der Waals surface area contributed by atoms with Crippen LogP contribution in [0.3, 0.4) is 0 Å². The Bertz CT molecular complexity index is 412. The second kappa shape index (κ2) is 2.97. The van der Waals surface area contributed by atoms with Crippen molar-refractivity contribution in [1.82, 2.24) is 4.98 Å². The van der Waals surface area contributed by atoms with E-state index in [1.807, 2.05) is 0 Å². The highest BCUT2D eigenvalue weighted by atomic mass is 19.1. The lowest BCUT2D eigenvalue weighted by molar-refractivity contribution is 0.556. The van der Waals surface area contributed by atoms with E-state index in [0.29, 0.717) is 0 Å². The first-order valence-electron chi connectivity index (χ1n) is 3.54. The van der Waals surface area contributed by atoms with Crippen LogP contribution in [0.5, 0.6) is 0 Å². The van der Waals surface area contributed by atoms with Gasteiger partial charge in [-0.05, 0) is 18.2 Å². The molecule has 4 heteroatoms. The molecule has 13 heavy (non-hydrogen) atoms. The number of nitrogens with zero attached hydrogens (tertiary/aromatic N) is 1. The van der Waals surface area contributed by atoms with Gasteiger partial charge in [0.25, 0.3) is 0 Å². The molecular weight excluding hydrogens is 176 g/mol. The lowest BCUT2D eigenvalue weighted by Crippen LogP contribution is -1.85. The molecule has 1 radical (unpaired) electrons. The van der Waals surface area contributed by atoms with Gasteiger partial charge in [-0.1, -0.05) is 0 Å². The monoisotopic (exact) mass is 180 g/mol. The van der Waals surface area contributed by atoms with Gasteiger partial charge in [0, 0.05) is 0 Å². The summed E-state index contributed by atoms with van der Waals surface area (Å²) in [6.45, 7) is 0. The highest BCUT2D eigenvalue weighted by Crippen LogP contribution is 2.21. The maximum atomic E-state index is 13.1. The van der Waals surface area contributed by atoms with E-state index in [-0.39, 0.29) is 11.5 Å². The van der Waals surface area contributed by atoms with Gasteiger partial charge in [0.05, 0.1) is 5.56 Å². The van der Waals surface area contributed by atoms with E-state index < -0.39 is 11.6 Å². The summed E-state index contributed by atoms with van der Waals surface area (Å²) >= 11 is 0. The summed E-state index contributed by atoms with van der Waals surface area (Å²) in [5, 5.41) is 0. The van der Waals surface area contributed by atoms with Crippen LogP contribution in [0.2, 0.25) is 0 Å². The first-order valence-corrected chi connectivity index (χ1v) is 3.54. The van der Waals surface area contributed by atoms with Crippen molar-refractivity contribution < 1.29 is 13.2 Å². The largest absolute Gasteiger partial charge is 0.444 e. The topological polar surface area (TPSA) is 26.0 Å². The third-order valence-electron chi connectivity index (χ3n) is 1.55. The third kappa shape index (κ3) is 1.42. The predicted octanol–water partition coefficient (Wildman–Crippen LogP) is 2.42. The van der Waals surface area contributed by atoms with Crippen molar-refractivity contribution in [2.45, 2.75) is 0 Å². The molecule has 0 bridgehead atoms. The third-order valence-corrected chi connectivity index (χ3v) is 1.55. The summed E-state index contributed by atoms with van der Waals surface area (Å²) in [6, 6.07) is 3.08. The highest BCUT2D eigenvalue weighted by Gasteiger charge is 2.09. The van der Waals surface area contributed by atoms with Crippen LogP contribution in [-0.2, 0) is 0 Å². The van der Waals surface area contributed by atoms with Crippen LogP contribution < -0.4 is 0 Å². The number of aromatic nitrogens is 1. The van der Waals surface area contributed by atoms with E-state index >= 15 is 0 Å². The smallest absolute Gasteiger partial charge is 0.229 e. The number of oxazole rings is 1. The summed E-state index contributed by atoms with van der Waals surface area (Å²) in [7, 11) is 0. The van der Waals surface area contributed by atoms with Gasteiger partial charge < -0.3 is 4.42 Å². The van der Waals surface area contributed by atoms with Gasteiger partial charge in [0.1, 0.15) is 24.1 Å². The molecule has 1 aromatic heterocycles. The number of rotatable bonds is 1. The number of hydrogen-bond donors (Lipinski definition) is 0. The van der Waals surface area contributed by atoms with Crippen LogP contribution in [0, 0.1) is 17.8 Å². The van der Waals surface area contributed by atoms with Crippen molar-refractivity contribution in [3.63, 3.8) is 0 Å². The fraction of sp³-hybridized carbons (Fsp3) is 0. The summed E-state index contributed by atoms with van der Waals surface area (Å²) in [5.41, 5.74) is 0.00116. The average Bonchev–Trinajstić information content (AvgIpc) is 2.61. The van der Waals surface area contributed by atoms with Crippen molar-refractivity contribution >= 4 is 0 Å². The molecule has 0 saturated carbocycles. The zero-order valence-electron chi connectivity index (χ0n) is 6.42. The predicted molar refractivity (Wildman–Crippen MR) is 40.7 cm³/mol. The summed E-state index contributed by atoms with van der Waals surface area (Å²) in [6.07, 6.45) is 3.55. The molecular formula is C9H4F2NO. The molecule has 2 aromatic rings. The number of halogens is 2. The van der Waals surface area contributed by atoms with Crippen LogP contribution in [0.15, 0.2) is 28.9 Å². The number of hydrogen-bond acceptors (Lipinski definition) is 2. The van der Waals surface area contributed by atoms with Gasteiger partial charge in [-0.15, -0.1) is 0 Å². The molecule has 0 spiro atoms. The number of benzene rings is 1. The molecule has 0 aliphatic rings. The van der Waals surface area contributed by atoms with Crippen LogP contribution in [0.25, 0.3) is 11.5 Å². The summed E-state index contributed by atoms with van der Waals surface area (Å²) < 4.78 is 30.5. The SMILES string of the molecule is Fc1ccc(F)c(-c2n[c]co2)c1. The molecule has 2 rings (SSSR count). The van der Waals surface area contributed by atoms with Gasteiger partial charge >= 0.3 is 0 Å². The fourth-order valence-corrected chi connectivity index (χ4v) is 0.979. The van der Waals surface area contributed by atoms with Crippen LogP contribution >= 0.6 is 0 Å². The minimum Gasteiger partial charge on any atom is -0.444 e. The molecule has 1 aromatic carbocycles. The second-order valence-corrected chi connectivity index (χ2v) is 2.41. The minimum atomic E-state index is -0.572. The Balaban J connectivity index is 2.57. The van der Waals surface area contributed by atoms with Crippen molar-refractivity contribution in [3.8, 4) is 11.5 Å². The Kier molecular flexibility index (Phi) is 1.81. The van der Waals surface area contributed by atoms with Gasteiger partial charge in [0.15, 0.2) is 0 Å². The summed E-state index contributed by atoms with van der Waals surface area (Å²) in [4.78, 5) is 3.59. The molecule has 0 saturated heterocycles. The van der Waals surface area contributed by atoms with E-state index in [0.717, 1.165) is 18.2 Å². The van der Waals surface area contributed by atoms with Gasteiger partial charge in [-0.2, -0.15) is 0 Å². The van der Waals surface area contributed by atoms with Gasteiger partial charge in [0.2, 0.25) is 5.89 Å². The van der Waals surface area contributed by atoms with E-state index in [9.17, 15) is 8.78 Å². The molecule has 2 nitrogen and oxygen atoms in total. The minimum absolute atomic E-state index is 0.00116. The van der Waals surface area contributed by atoms with Gasteiger partial charge in [-0.3, -0.25) is 0 Å². The molecule has 0 N–H and O–H groups in total. The van der Waals surface area contributed by atoms with E-state index in [2.05, 4.69) is 11.2 Å². The Labute approximate surface area is 72.8 Å². The van der Waals surface area contributed by atoms with E-state index in [1.54, 1.807) is 0 Å². The average molecular weight is 180 g/mol. The normalized spacial score (nSPS) is 10.3. The quantitative estimate of drug-likeness (QED) is 0.673. The Morgan fingerprint density at radius 3 is 2.85 bits per heavy atom. The summed E-state index contributed by atoms with van der Waals surface area (Å²) in [5.74, 6) is -1.08. The maximum Gasteiger partial charge on any atom is 0.229 e. The van der Waals surface area contributed by atoms with E-state index in [4.69, 9.17) is 4.42 Å². The van der Waals surface area contributed by atoms with Gasteiger partial charge in [-0.25, -0.2) is 13.8 Å². The van der Waals surface area contributed by atoms with Crippen molar-refractivity contribution in [3.05, 3.63) is 42.3 Å². The highest BCUT2D eigenvalue weighted by molar-refractivity contribution is 5.53. The molecule has 0 atom stereocenters. The van der Waals surface area contributed by atoms with Crippen LogP contribution in [0.4, 0.5) is 8.78 Å². The first kappa shape index (κ1) is 7.91. The molecule has 0 aliphatic heterocycles.